The Kier molecular flexibility index (Phi) is 8.78. The van der Waals surface area contributed by atoms with Gasteiger partial charge in [-0.1, -0.05) is 54.1 Å². The number of benzene rings is 3. The second-order valence-corrected chi connectivity index (χ2v) is 9.60. The first-order valence-electron chi connectivity index (χ1n) is 12.2. The molecule has 4 rings (SSSR count). The number of hydrogen-bond acceptors (Lipinski definition) is 5. The molecular formula is C29H30ClN5O3. The molecule has 0 saturated carbocycles. The molecule has 0 fully saturated rings. The van der Waals surface area contributed by atoms with Gasteiger partial charge in [-0.05, 0) is 50.0 Å². The summed E-state index contributed by atoms with van der Waals surface area (Å²) in [6, 6.07) is 21.9. The van der Waals surface area contributed by atoms with Gasteiger partial charge in [0, 0.05) is 47.9 Å². The molecule has 9 heteroatoms. The Morgan fingerprint density at radius 2 is 1.82 bits per heavy atom. The van der Waals surface area contributed by atoms with Gasteiger partial charge in [0.15, 0.2) is 0 Å². The van der Waals surface area contributed by atoms with Gasteiger partial charge in [0.05, 0.1) is 11.2 Å². The number of hydrogen-bond donors (Lipinski definition) is 2. The molecule has 0 radical (unpaired) electrons. The summed E-state index contributed by atoms with van der Waals surface area (Å²) >= 11 is 5.88. The SMILES string of the molecule is CN(C)CCN(Cc1ccccc1)C(=O)Cn1ccc2c(C=NNC(=O)c3ccc(O)c(Cl)c3)cccc21. The second kappa shape index (κ2) is 12.4. The van der Waals surface area contributed by atoms with Crippen LogP contribution in [0.4, 0.5) is 0 Å². The first-order valence-corrected chi connectivity index (χ1v) is 12.6. The monoisotopic (exact) mass is 531 g/mol. The van der Waals surface area contributed by atoms with E-state index in [1.54, 1.807) is 6.21 Å². The number of nitrogens with one attached hydrogen (secondary N) is 1. The van der Waals surface area contributed by atoms with Crippen LogP contribution < -0.4 is 5.43 Å². The van der Waals surface area contributed by atoms with Gasteiger partial charge in [0.1, 0.15) is 12.3 Å². The van der Waals surface area contributed by atoms with E-state index in [0.717, 1.165) is 28.6 Å². The zero-order valence-electron chi connectivity index (χ0n) is 21.3. The third-order valence-electron chi connectivity index (χ3n) is 6.12. The number of phenolic OH excluding ortho intramolecular Hbond substituents is 1. The van der Waals surface area contributed by atoms with Crippen LogP contribution in [0.2, 0.25) is 5.02 Å². The van der Waals surface area contributed by atoms with E-state index in [2.05, 4.69) is 15.4 Å². The quantitative estimate of drug-likeness (QED) is 0.235. The fourth-order valence-electron chi connectivity index (χ4n) is 4.03. The molecule has 0 aliphatic heterocycles. The van der Waals surface area contributed by atoms with Crippen molar-refractivity contribution in [2.45, 2.75) is 13.1 Å². The van der Waals surface area contributed by atoms with Crippen molar-refractivity contribution in [3.8, 4) is 5.75 Å². The van der Waals surface area contributed by atoms with Crippen LogP contribution in [0.5, 0.6) is 5.75 Å². The molecule has 1 aromatic heterocycles. The van der Waals surface area contributed by atoms with Crippen molar-refractivity contribution < 1.29 is 14.7 Å². The molecule has 0 unspecified atom stereocenters. The van der Waals surface area contributed by atoms with Gasteiger partial charge in [-0.2, -0.15) is 5.10 Å². The van der Waals surface area contributed by atoms with E-state index < -0.39 is 5.91 Å². The number of carbonyl (C=O) groups is 2. The highest BCUT2D eigenvalue weighted by molar-refractivity contribution is 6.32. The minimum atomic E-state index is -0.449. The lowest BCUT2D eigenvalue weighted by Gasteiger charge is -2.25. The van der Waals surface area contributed by atoms with Crippen LogP contribution in [-0.4, -0.2) is 64.7 Å². The van der Waals surface area contributed by atoms with Gasteiger partial charge >= 0.3 is 0 Å². The lowest BCUT2D eigenvalue weighted by Crippen LogP contribution is -2.38. The molecule has 0 bridgehead atoms. The molecule has 38 heavy (non-hydrogen) atoms. The molecular weight excluding hydrogens is 502 g/mol. The van der Waals surface area contributed by atoms with Gasteiger partial charge in [-0.15, -0.1) is 0 Å². The molecule has 0 aliphatic rings. The normalized spacial score (nSPS) is 11.4. The van der Waals surface area contributed by atoms with E-state index in [1.165, 1.54) is 18.2 Å². The van der Waals surface area contributed by atoms with E-state index in [4.69, 9.17) is 11.6 Å². The third kappa shape index (κ3) is 6.79. The molecule has 196 valence electrons. The van der Waals surface area contributed by atoms with Gasteiger partial charge in [0.25, 0.3) is 5.91 Å². The number of halogens is 1. The number of hydrazone groups is 1. The minimum Gasteiger partial charge on any atom is -0.506 e. The topological polar surface area (TPSA) is 90.2 Å². The second-order valence-electron chi connectivity index (χ2n) is 9.19. The number of fused-ring (bicyclic) bond motifs is 1. The molecule has 0 aliphatic carbocycles. The predicted molar refractivity (Wildman–Crippen MR) is 151 cm³/mol. The van der Waals surface area contributed by atoms with Crippen molar-refractivity contribution in [2.24, 2.45) is 5.10 Å². The number of likely N-dealkylation sites (N-methyl/N-ethyl adjacent to an activating group) is 1. The fraction of sp³-hybridized carbons (Fsp3) is 0.207. The van der Waals surface area contributed by atoms with Crippen molar-refractivity contribution >= 4 is 40.5 Å². The van der Waals surface area contributed by atoms with Gasteiger partial charge in [-0.25, -0.2) is 5.43 Å². The molecule has 2 amide bonds. The Morgan fingerprint density at radius 1 is 1.03 bits per heavy atom. The number of nitrogens with zero attached hydrogens (tertiary/aromatic N) is 4. The van der Waals surface area contributed by atoms with Crippen LogP contribution in [0.3, 0.4) is 0 Å². The van der Waals surface area contributed by atoms with E-state index >= 15 is 0 Å². The lowest BCUT2D eigenvalue weighted by atomic mass is 10.1. The van der Waals surface area contributed by atoms with Crippen molar-refractivity contribution in [3.05, 3.63) is 101 Å². The number of carbonyl (C=O) groups excluding carboxylic acids is 2. The highest BCUT2D eigenvalue weighted by Gasteiger charge is 2.16. The Labute approximate surface area is 226 Å². The highest BCUT2D eigenvalue weighted by Crippen LogP contribution is 2.23. The number of aromatic hydroxyl groups is 1. The number of aromatic nitrogens is 1. The summed E-state index contributed by atoms with van der Waals surface area (Å²) < 4.78 is 1.93. The standard InChI is InChI=1S/C29H30ClN5O3/c1-33(2)15-16-35(19-21-7-4-3-5-8-21)28(37)20-34-14-13-24-23(9-6-10-26(24)34)18-31-32-29(38)22-11-12-27(36)25(30)17-22/h3-14,17-18,36H,15-16,19-20H2,1-2H3,(H,32,38). The highest BCUT2D eigenvalue weighted by atomic mass is 35.5. The largest absolute Gasteiger partial charge is 0.506 e. The summed E-state index contributed by atoms with van der Waals surface area (Å²) in [4.78, 5) is 29.7. The molecule has 3 aromatic carbocycles. The van der Waals surface area contributed by atoms with Crippen molar-refractivity contribution in [3.63, 3.8) is 0 Å². The Bertz CT molecular complexity index is 1450. The minimum absolute atomic E-state index is 0.0343. The van der Waals surface area contributed by atoms with E-state index in [9.17, 15) is 14.7 Å². The summed E-state index contributed by atoms with van der Waals surface area (Å²) in [5.74, 6) is -0.510. The predicted octanol–water partition coefficient (Wildman–Crippen LogP) is 4.35. The number of phenols is 1. The molecule has 4 aromatic rings. The zero-order valence-corrected chi connectivity index (χ0v) is 22.1. The molecule has 0 spiro atoms. The molecule has 0 saturated heterocycles. The smallest absolute Gasteiger partial charge is 0.271 e. The van der Waals surface area contributed by atoms with Crippen LogP contribution in [0.25, 0.3) is 10.9 Å². The van der Waals surface area contributed by atoms with Gasteiger partial charge in [0.2, 0.25) is 5.91 Å². The van der Waals surface area contributed by atoms with Crippen LogP contribution in [0.1, 0.15) is 21.5 Å². The molecule has 8 nitrogen and oxygen atoms in total. The fourth-order valence-corrected chi connectivity index (χ4v) is 4.21. The average molecular weight is 532 g/mol. The Morgan fingerprint density at radius 3 is 2.55 bits per heavy atom. The van der Waals surface area contributed by atoms with Crippen LogP contribution in [0.15, 0.2) is 84.1 Å². The summed E-state index contributed by atoms with van der Waals surface area (Å²) in [6.45, 7) is 2.16. The lowest BCUT2D eigenvalue weighted by molar-refractivity contribution is -0.132. The van der Waals surface area contributed by atoms with Crippen LogP contribution in [-0.2, 0) is 17.9 Å². The van der Waals surface area contributed by atoms with Gasteiger partial charge < -0.3 is 19.5 Å². The maximum atomic E-state index is 13.4. The summed E-state index contributed by atoms with van der Waals surface area (Å²) in [6.07, 6.45) is 3.46. The maximum absolute atomic E-state index is 13.4. The van der Waals surface area contributed by atoms with Crippen molar-refractivity contribution in [2.75, 3.05) is 27.2 Å². The molecule has 0 atom stereocenters. The Balaban J connectivity index is 1.47. The maximum Gasteiger partial charge on any atom is 0.271 e. The van der Waals surface area contributed by atoms with Crippen molar-refractivity contribution in [1.29, 1.82) is 0 Å². The van der Waals surface area contributed by atoms with Gasteiger partial charge in [-0.3, -0.25) is 9.59 Å². The Hall–Kier alpha value is -4.14. The van der Waals surface area contributed by atoms with Crippen LogP contribution >= 0.6 is 11.6 Å². The van der Waals surface area contributed by atoms with Crippen molar-refractivity contribution in [1.82, 2.24) is 19.8 Å². The number of amides is 2. The first kappa shape index (κ1) is 26.9. The molecule has 2 N–H and O–H groups in total. The summed E-state index contributed by atoms with van der Waals surface area (Å²) in [5, 5.41) is 14.6. The molecule has 1 heterocycles. The van der Waals surface area contributed by atoms with E-state index in [-0.39, 0.29) is 28.8 Å². The summed E-state index contributed by atoms with van der Waals surface area (Å²) in [7, 11) is 3.99. The third-order valence-corrected chi connectivity index (χ3v) is 6.42. The van der Waals surface area contributed by atoms with Crippen LogP contribution in [0, 0.1) is 0 Å². The zero-order chi connectivity index (χ0) is 27.1. The average Bonchev–Trinajstić information content (AvgIpc) is 3.32. The summed E-state index contributed by atoms with van der Waals surface area (Å²) in [5.41, 5.74) is 5.54. The van der Waals surface area contributed by atoms with E-state index in [0.29, 0.717) is 13.1 Å². The number of rotatable bonds is 10. The van der Waals surface area contributed by atoms with E-state index in [1.807, 2.05) is 84.4 Å². The first-order chi connectivity index (χ1) is 18.3.